The Kier molecular flexibility index (Phi) is 5.23. The van der Waals surface area contributed by atoms with Crippen LogP contribution in [0.3, 0.4) is 0 Å². The van der Waals surface area contributed by atoms with Gasteiger partial charge in [-0.05, 0) is 54.7 Å². The van der Waals surface area contributed by atoms with Crippen molar-refractivity contribution >= 4 is 17.6 Å². The van der Waals surface area contributed by atoms with Crippen molar-refractivity contribution in [2.45, 2.75) is 19.3 Å². The van der Waals surface area contributed by atoms with Gasteiger partial charge in [0.15, 0.2) is 0 Å². The average molecular weight is 336 g/mol. The maximum absolute atomic E-state index is 12.4. The summed E-state index contributed by atoms with van der Waals surface area (Å²) in [6.45, 7) is 0. The number of nitrogens with zero attached hydrogens (tertiary/aromatic N) is 1. The number of carbonyl (C=O) groups excluding carboxylic acids is 1. The number of carboxylic acid groups (broad SMARTS) is 1. The number of nitrogens with one attached hydrogen (secondary N) is 1. The Labute approximate surface area is 146 Å². The van der Waals surface area contributed by atoms with Crippen LogP contribution in [0.5, 0.6) is 0 Å². The highest BCUT2D eigenvalue weighted by Gasteiger charge is 2.33. The van der Waals surface area contributed by atoms with Gasteiger partial charge in [-0.1, -0.05) is 24.3 Å². The molecule has 1 aliphatic carbocycles. The fourth-order valence-corrected chi connectivity index (χ4v) is 3.05. The molecule has 5 heteroatoms. The van der Waals surface area contributed by atoms with Crippen LogP contribution in [-0.4, -0.2) is 22.0 Å². The van der Waals surface area contributed by atoms with Crippen molar-refractivity contribution in [3.8, 4) is 0 Å². The summed E-state index contributed by atoms with van der Waals surface area (Å²) in [4.78, 5) is 27.8. The summed E-state index contributed by atoms with van der Waals surface area (Å²) in [6.07, 6.45) is 8.90. The Morgan fingerprint density at radius 3 is 2.20 bits per heavy atom. The van der Waals surface area contributed by atoms with Crippen LogP contribution in [0.25, 0.3) is 0 Å². The zero-order chi connectivity index (χ0) is 17.6. The van der Waals surface area contributed by atoms with E-state index in [1.54, 1.807) is 12.4 Å². The predicted octanol–water partition coefficient (Wildman–Crippen LogP) is 3.28. The molecule has 3 rings (SSSR count). The second-order valence-corrected chi connectivity index (χ2v) is 6.21. The Hall–Kier alpha value is -2.95. The van der Waals surface area contributed by atoms with E-state index in [1.165, 1.54) is 5.56 Å². The predicted molar refractivity (Wildman–Crippen MR) is 95.1 cm³/mol. The lowest BCUT2D eigenvalue weighted by molar-refractivity contribution is -0.146. The quantitative estimate of drug-likeness (QED) is 0.821. The Balaban J connectivity index is 1.63. The highest BCUT2D eigenvalue weighted by atomic mass is 16.4. The van der Waals surface area contributed by atoms with E-state index in [2.05, 4.69) is 10.3 Å². The van der Waals surface area contributed by atoms with E-state index < -0.39 is 17.8 Å². The van der Waals surface area contributed by atoms with Gasteiger partial charge in [0.25, 0.3) is 0 Å². The molecule has 0 unspecified atom stereocenters. The zero-order valence-corrected chi connectivity index (χ0v) is 13.8. The number of carboxylic acids is 1. The fraction of sp³-hybridized carbons (Fsp3) is 0.250. The summed E-state index contributed by atoms with van der Waals surface area (Å²) in [5.41, 5.74) is 2.99. The zero-order valence-electron chi connectivity index (χ0n) is 13.8. The molecule has 2 N–H and O–H groups in total. The van der Waals surface area contributed by atoms with Crippen molar-refractivity contribution in [1.82, 2.24) is 4.98 Å². The molecule has 0 spiro atoms. The molecule has 0 aliphatic heterocycles. The van der Waals surface area contributed by atoms with Gasteiger partial charge in [-0.25, -0.2) is 0 Å². The lowest BCUT2D eigenvalue weighted by Crippen LogP contribution is -2.34. The van der Waals surface area contributed by atoms with E-state index in [4.69, 9.17) is 0 Å². The lowest BCUT2D eigenvalue weighted by Gasteiger charge is -2.24. The first-order valence-electron chi connectivity index (χ1n) is 8.30. The Bertz CT molecular complexity index is 769. The smallest absolute Gasteiger partial charge is 0.307 e. The van der Waals surface area contributed by atoms with E-state index in [1.807, 2.05) is 48.6 Å². The summed E-state index contributed by atoms with van der Waals surface area (Å²) in [5, 5.41) is 12.1. The molecule has 0 saturated carbocycles. The van der Waals surface area contributed by atoms with Gasteiger partial charge in [0.1, 0.15) is 0 Å². The number of amides is 1. The first-order chi connectivity index (χ1) is 12.1. The monoisotopic (exact) mass is 336 g/mol. The second-order valence-electron chi connectivity index (χ2n) is 6.21. The molecule has 1 heterocycles. The molecule has 128 valence electrons. The van der Waals surface area contributed by atoms with Crippen LogP contribution in [0.15, 0.2) is 60.9 Å². The van der Waals surface area contributed by atoms with Crippen LogP contribution in [0.1, 0.15) is 24.0 Å². The molecule has 1 aliphatic rings. The van der Waals surface area contributed by atoms with Gasteiger partial charge in [0.2, 0.25) is 5.91 Å². The molecule has 5 nitrogen and oxygen atoms in total. The third-order valence-corrected chi connectivity index (χ3v) is 4.47. The largest absolute Gasteiger partial charge is 0.481 e. The van der Waals surface area contributed by atoms with Gasteiger partial charge >= 0.3 is 5.97 Å². The number of rotatable bonds is 5. The number of aromatic nitrogens is 1. The molecule has 1 amide bonds. The van der Waals surface area contributed by atoms with Gasteiger partial charge in [-0.15, -0.1) is 0 Å². The molecule has 2 aromatic rings. The van der Waals surface area contributed by atoms with Gasteiger partial charge in [-0.3, -0.25) is 14.6 Å². The van der Waals surface area contributed by atoms with Crippen molar-refractivity contribution in [2.24, 2.45) is 11.8 Å². The number of anilines is 1. The standard InChI is InChI=1S/C20H20N2O3/c23-19(17-3-1-2-4-18(17)20(24)25)22-16-7-5-14(6-8-16)13-15-9-11-21-12-10-15/h1-2,5-12,17-18H,3-4,13H2,(H,22,23)(H,24,25)/t17-,18-/m0/s1. The molecule has 1 aromatic carbocycles. The van der Waals surface area contributed by atoms with Gasteiger partial charge in [-0.2, -0.15) is 0 Å². The van der Waals surface area contributed by atoms with E-state index in [-0.39, 0.29) is 5.91 Å². The minimum atomic E-state index is -0.919. The number of allylic oxidation sites excluding steroid dienone is 2. The first kappa shape index (κ1) is 16.9. The summed E-state index contributed by atoms with van der Waals surface area (Å²) in [7, 11) is 0. The normalized spacial score (nSPS) is 19.4. The summed E-state index contributed by atoms with van der Waals surface area (Å²) >= 11 is 0. The fourth-order valence-electron chi connectivity index (χ4n) is 3.05. The van der Waals surface area contributed by atoms with Crippen molar-refractivity contribution in [3.63, 3.8) is 0 Å². The topological polar surface area (TPSA) is 79.3 Å². The third kappa shape index (κ3) is 4.32. The van der Waals surface area contributed by atoms with Gasteiger partial charge in [0, 0.05) is 18.1 Å². The molecule has 1 aromatic heterocycles. The molecule has 0 fully saturated rings. The number of hydrogen-bond donors (Lipinski definition) is 2. The second kappa shape index (κ2) is 7.75. The van der Waals surface area contributed by atoms with Crippen LogP contribution in [0.2, 0.25) is 0 Å². The van der Waals surface area contributed by atoms with Crippen molar-refractivity contribution in [3.05, 3.63) is 72.1 Å². The summed E-state index contributed by atoms with van der Waals surface area (Å²) in [6, 6.07) is 11.6. The first-order valence-corrected chi connectivity index (χ1v) is 8.30. The number of benzene rings is 1. The van der Waals surface area contributed by atoms with Crippen LogP contribution in [-0.2, 0) is 16.0 Å². The van der Waals surface area contributed by atoms with Crippen molar-refractivity contribution in [2.75, 3.05) is 5.32 Å². The van der Waals surface area contributed by atoms with E-state index in [0.29, 0.717) is 18.5 Å². The van der Waals surface area contributed by atoms with Crippen LogP contribution >= 0.6 is 0 Å². The average Bonchev–Trinajstić information content (AvgIpc) is 2.64. The number of carbonyl (C=O) groups is 2. The minimum absolute atomic E-state index is 0.237. The molecular weight excluding hydrogens is 316 g/mol. The Morgan fingerprint density at radius 2 is 1.56 bits per heavy atom. The van der Waals surface area contributed by atoms with Crippen LogP contribution in [0, 0.1) is 11.8 Å². The number of aliphatic carboxylic acids is 1. The van der Waals surface area contributed by atoms with Crippen molar-refractivity contribution < 1.29 is 14.7 Å². The third-order valence-electron chi connectivity index (χ3n) is 4.47. The van der Waals surface area contributed by atoms with E-state index >= 15 is 0 Å². The van der Waals surface area contributed by atoms with Gasteiger partial charge in [0.05, 0.1) is 11.8 Å². The highest BCUT2D eigenvalue weighted by Crippen LogP contribution is 2.27. The van der Waals surface area contributed by atoms with Crippen LogP contribution in [0.4, 0.5) is 5.69 Å². The van der Waals surface area contributed by atoms with Crippen LogP contribution < -0.4 is 5.32 Å². The molecule has 0 saturated heterocycles. The number of hydrogen-bond acceptors (Lipinski definition) is 3. The maximum Gasteiger partial charge on any atom is 0.307 e. The van der Waals surface area contributed by atoms with E-state index in [0.717, 1.165) is 12.0 Å². The highest BCUT2D eigenvalue weighted by molar-refractivity contribution is 5.95. The lowest BCUT2D eigenvalue weighted by atomic mass is 9.82. The molecule has 0 bridgehead atoms. The SMILES string of the molecule is O=C(O)[C@H]1CC=CC[C@@H]1C(=O)Nc1ccc(Cc2ccncc2)cc1. The number of pyridine rings is 1. The molecule has 25 heavy (non-hydrogen) atoms. The molecule has 0 radical (unpaired) electrons. The van der Waals surface area contributed by atoms with Gasteiger partial charge < -0.3 is 10.4 Å². The van der Waals surface area contributed by atoms with E-state index in [9.17, 15) is 14.7 Å². The molecular formula is C20H20N2O3. The Morgan fingerprint density at radius 1 is 0.960 bits per heavy atom. The summed E-state index contributed by atoms with van der Waals surface area (Å²) < 4.78 is 0. The van der Waals surface area contributed by atoms with Crippen molar-refractivity contribution in [1.29, 1.82) is 0 Å². The minimum Gasteiger partial charge on any atom is -0.481 e. The summed E-state index contributed by atoms with van der Waals surface area (Å²) in [5.74, 6) is -2.34. The molecule has 2 atom stereocenters. The maximum atomic E-state index is 12.4.